The van der Waals surface area contributed by atoms with Crippen molar-refractivity contribution in [3.63, 3.8) is 0 Å². The van der Waals surface area contributed by atoms with Crippen LogP contribution >= 0.6 is 0 Å². The third-order valence-electron chi connectivity index (χ3n) is 0. The Bertz CT molecular complexity index is 6.00. The summed E-state index contributed by atoms with van der Waals surface area (Å²) in [5.74, 6) is 0. The largest absolute Gasteiger partial charge is 0.412 e. The molecule has 0 spiro atoms. The van der Waals surface area contributed by atoms with Gasteiger partial charge in [0.2, 0.25) is 0 Å². The summed E-state index contributed by atoms with van der Waals surface area (Å²) in [4.78, 5) is 0. The summed E-state index contributed by atoms with van der Waals surface area (Å²) in [6, 6.07) is 0. The lowest BCUT2D eigenvalue weighted by atomic mass is 15.7. The molecule has 0 fully saturated rings. The van der Waals surface area contributed by atoms with Crippen LogP contribution in [0.4, 0.5) is 4.53 Å². The fourth-order valence-corrected chi connectivity index (χ4v) is 0. The number of rotatable bonds is 0. The smallest absolute Gasteiger partial charge is 0.187 e. The van der Waals surface area contributed by atoms with Gasteiger partial charge in [-0.1, -0.05) is 4.53 Å². The average Bonchev–Trinajstić information content (AvgIpc) is 1.00. The minimum Gasteiger partial charge on any atom is -0.412 e. The summed E-state index contributed by atoms with van der Waals surface area (Å²) in [5.41, 5.74) is 0. The fraction of sp³-hybridized carbons (Fsp3) is 0. The molecule has 0 radical (unpaired) electrons. The maximum absolute atomic E-state index is 8.50. The lowest BCUT2D eigenvalue weighted by molar-refractivity contribution is -0.0441. The van der Waals surface area contributed by atoms with Crippen LogP contribution in [0.15, 0.2) is 0 Å². The molecule has 0 saturated carbocycles. The van der Waals surface area contributed by atoms with Gasteiger partial charge < -0.3 is 5.48 Å². The first-order valence-electron chi connectivity index (χ1n) is 0.169. The maximum Gasteiger partial charge on any atom is 0.187 e. The molecule has 0 unspecified atom stereocenters. The maximum atomic E-state index is 8.50. The molecule has 0 aromatic carbocycles. The molecule has 28 valence electrons. The zero-order valence-electron chi connectivity index (χ0n) is 1.33. The zero-order chi connectivity index (χ0) is 2.00. The lowest BCUT2D eigenvalue weighted by Crippen LogP contribution is -0.996. The minimum atomic E-state index is 0. The van der Waals surface area contributed by atoms with E-state index in [4.69, 9.17) is 9.84 Å². The SMILES string of the molecule is O.OF.[AlH3]. The van der Waals surface area contributed by atoms with Gasteiger partial charge in [-0.3, -0.25) is 0 Å². The number of halogens is 1. The topological polar surface area (TPSA) is 51.7 Å². The van der Waals surface area contributed by atoms with Crippen molar-refractivity contribution in [2.75, 3.05) is 0 Å². The van der Waals surface area contributed by atoms with Crippen molar-refractivity contribution in [2.45, 2.75) is 0 Å². The van der Waals surface area contributed by atoms with Gasteiger partial charge >= 0.3 is 0 Å². The molecule has 0 aromatic rings. The molecular formula is H6AlFO2. The molecule has 0 atom stereocenters. The highest BCUT2D eigenvalue weighted by Gasteiger charge is 0.873. The minimum absolute atomic E-state index is 0. The molecule has 0 rings (SSSR count). The number of hydrogen-bond donors (Lipinski definition) is 1. The molecular weight excluding hydrogens is 78.0 g/mol. The molecule has 4 heavy (non-hydrogen) atoms. The Labute approximate surface area is 33.6 Å². The Morgan fingerprint density at radius 2 is 1.25 bits per heavy atom. The quantitative estimate of drug-likeness (QED) is 0.334. The molecule has 3 N–H and O–H groups in total. The second-order valence-electron chi connectivity index (χ2n) is 0. The summed E-state index contributed by atoms with van der Waals surface area (Å²) in [6.07, 6.45) is 0. The van der Waals surface area contributed by atoms with Crippen LogP contribution in [0.3, 0.4) is 0 Å². The van der Waals surface area contributed by atoms with Gasteiger partial charge in [0.25, 0.3) is 0 Å². The van der Waals surface area contributed by atoms with Crippen LogP contribution < -0.4 is 0 Å². The highest BCUT2D eigenvalue weighted by molar-refractivity contribution is 5.75. The third kappa shape index (κ3) is 31.1. The highest BCUT2D eigenvalue weighted by atomic mass is 27.0. The molecule has 0 aromatic heterocycles. The predicted octanol–water partition coefficient (Wildman–Crippen LogP) is -2.15. The molecule has 0 saturated heterocycles. The molecule has 0 heterocycles. The van der Waals surface area contributed by atoms with Crippen LogP contribution in [0.1, 0.15) is 0 Å². The first-order valence-corrected chi connectivity index (χ1v) is 0.169. The predicted molar refractivity (Wildman–Crippen MR) is 16.9 cm³/mol. The monoisotopic (exact) mass is 84.0 g/mol. The van der Waals surface area contributed by atoms with Gasteiger partial charge in [-0.25, -0.2) is 5.31 Å². The van der Waals surface area contributed by atoms with E-state index >= 15 is 0 Å². The molecule has 0 aliphatic rings. The Morgan fingerprint density at radius 3 is 1.25 bits per heavy atom. The second-order valence-corrected chi connectivity index (χ2v) is 0. The van der Waals surface area contributed by atoms with Crippen LogP contribution in [-0.2, 0) is 0 Å². The Hall–Kier alpha value is 0.382. The van der Waals surface area contributed by atoms with Gasteiger partial charge in [0, 0.05) is 0 Å². The van der Waals surface area contributed by atoms with Gasteiger partial charge in [-0.05, 0) is 0 Å². The summed E-state index contributed by atoms with van der Waals surface area (Å²) in [7, 11) is 0. The van der Waals surface area contributed by atoms with Crippen LogP contribution in [0.2, 0.25) is 0 Å². The summed E-state index contributed by atoms with van der Waals surface area (Å²) in [6.45, 7) is 0. The molecule has 4 heteroatoms. The van der Waals surface area contributed by atoms with Crippen LogP contribution in [-0.4, -0.2) is 28.1 Å². The van der Waals surface area contributed by atoms with E-state index in [-0.39, 0.29) is 22.8 Å². The van der Waals surface area contributed by atoms with Gasteiger partial charge in [0.1, 0.15) is 0 Å². The highest BCUT2D eigenvalue weighted by Crippen LogP contribution is 1.13. The zero-order valence-corrected chi connectivity index (χ0v) is 1.33. The van der Waals surface area contributed by atoms with E-state index in [1.165, 1.54) is 0 Å². The average molecular weight is 84.0 g/mol. The van der Waals surface area contributed by atoms with Crippen LogP contribution in [0, 0.1) is 0 Å². The van der Waals surface area contributed by atoms with E-state index in [1.54, 1.807) is 0 Å². The van der Waals surface area contributed by atoms with Crippen molar-refractivity contribution < 1.29 is 15.3 Å². The first-order chi connectivity index (χ1) is 1.00. The van der Waals surface area contributed by atoms with E-state index in [9.17, 15) is 0 Å². The molecule has 0 aliphatic heterocycles. The first kappa shape index (κ1) is 26.2. The van der Waals surface area contributed by atoms with Gasteiger partial charge in [0.15, 0.2) is 17.4 Å². The Balaban J connectivity index is -0.00000000500. The van der Waals surface area contributed by atoms with Crippen molar-refractivity contribution >= 4 is 17.4 Å². The molecule has 0 aliphatic carbocycles. The normalized spacial score (nSPS) is 1.50. The van der Waals surface area contributed by atoms with E-state index in [2.05, 4.69) is 0 Å². The standard InChI is InChI=1S/Al.FHO.H2O.3H/c;1-2;;;;/h;2H;1H2;;;. The Morgan fingerprint density at radius 1 is 1.25 bits per heavy atom. The van der Waals surface area contributed by atoms with Gasteiger partial charge in [-0.2, -0.15) is 0 Å². The van der Waals surface area contributed by atoms with E-state index < -0.39 is 0 Å². The summed E-state index contributed by atoms with van der Waals surface area (Å²) < 4.78 is 8.50. The van der Waals surface area contributed by atoms with Crippen molar-refractivity contribution in [1.82, 2.24) is 0 Å². The van der Waals surface area contributed by atoms with Crippen molar-refractivity contribution in [2.24, 2.45) is 0 Å². The third-order valence-corrected chi connectivity index (χ3v) is 0. The van der Waals surface area contributed by atoms with Crippen molar-refractivity contribution in [3.05, 3.63) is 0 Å². The van der Waals surface area contributed by atoms with E-state index in [1.807, 2.05) is 0 Å². The Kier molecular flexibility index (Phi) is 861. The van der Waals surface area contributed by atoms with Crippen molar-refractivity contribution in [3.8, 4) is 0 Å². The molecule has 0 amide bonds. The van der Waals surface area contributed by atoms with Crippen LogP contribution in [0.5, 0.6) is 0 Å². The second kappa shape index (κ2) is 131. The number of hydrogen-bond acceptors (Lipinski definition) is 1. The molecule has 0 bridgehead atoms. The summed E-state index contributed by atoms with van der Waals surface area (Å²) in [5, 5.41) is 5.50. The summed E-state index contributed by atoms with van der Waals surface area (Å²) >= 11 is 0. The van der Waals surface area contributed by atoms with Gasteiger partial charge in [-0.15, -0.1) is 0 Å². The van der Waals surface area contributed by atoms with E-state index in [0.29, 0.717) is 0 Å². The lowest BCUT2D eigenvalue weighted by Gasteiger charge is -1.13. The fourth-order valence-electron chi connectivity index (χ4n) is 0. The molecule has 2 nitrogen and oxygen atoms in total. The van der Waals surface area contributed by atoms with Crippen LogP contribution in [0.25, 0.3) is 0 Å². The van der Waals surface area contributed by atoms with Gasteiger partial charge in [0.05, 0.1) is 0 Å². The van der Waals surface area contributed by atoms with Crippen molar-refractivity contribution in [1.29, 1.82) is 0 Å². The van der Waals surface area contributed by atoms with E-state index in [0.717, 1.165) is 0 Å².